The largest absolute Gasteiger partial charge is 0.460 e. The van der Waals surface area contributed by atoms with Crippen molar-refractivity contribution in [2.24, 2.45) is 35.5 Å². The summed E-state index contributed by atoms with van der Waals surface area (Å²) < 4.78 is 29.2. The third-order valence-electron chi connectivity index (χ3n) is 14.6. The van der Waals surface area contributed by atoms with Crippen LogP contribution in [-0.4, -0.2) is 143 Å². The van der Waals surface area contributed by atoms with Crippen molar-refractivity contribution in [3.8, 4) is 0 Å². The monoisotopic (exact) mass is 930 g/mol. The molecule has 0 aromatic rings. The van der Waals surface area contributed by atoms with Gasteiger partial charge < -0.3 is 49.0 Å². The minimum Gasteiger partial charge on any atom is -0.460 e. The van der Waals surface area contributed by atoms with Gasteiger partial charge in [0.15, 0.2) is 5.78 Å². The lowest BCUT2D eigenvalue weighted by Gasteiger charge is -2.44. The average Bonchev–Trinajstić information content (AvgIpc) is 3.29. The van der Waals surface area contributed by atoms with E-state index in [1.165, 1.54) is 21.1 Å². The average molecular weight is 930 g/mol. The molecule has 16 atom stereocenters. The molecule has 4 rings (SSSR count). The van der Waals surface area contributed by atoms with E-state index in [1.54, 1.807) is 34.0 Å². The van der Waals surface area contributed by atoms with Gasteiger partial charge in [-0.05, 0) is 94.1 Å². The van der Waals surface area contributed by atoms with Crippen molar-refractivity contribution in [1.29, 1.82) is 0 Å². The second-order valence-corrected chi connectivity index (χ2v) is 19.7. The number of nitrogens with zero attached hydrogens (tertiary/aromatic N) is 1. The fraction of sp³-hybridized carbons (Fsp3) is 0.745. The Hall–Kier alpha value is -3.41. The van der Waals surface area contributed by atoms with E-state index in [4.69, 9.17) is 23.7 Å². The number of aliphatic hydroxyl groups is 4. The van der Waals surface area contributed by atoms with Gasteiger partial charge in [-0.3, -0.25) is 19.2 Å². The number of aliphatic hydroxyl groups excluding tert-OH is 3. The quantitative estimate of drug-likeness (QED) is 0.154. The molecular weight excluding hydrogens is 851 g/mol. The number of Topliss-reactive ketones (excluding diaryl/α,β-unsaturated/α-hetero) is 3. The van der Waals surface area contributed by atoms with E-state index in [1.807, 2.05) is 51.2 Å². The van der Waals surface area contributed by atoms with E-state index in [-0.39, 0.29) is 67.7 Å². The molecule has 0 radical (unpaired) electrons. The molecule has 1 amide bonds. The molecule has 1 unspecified atom stereocenters. The molecular formula is C51H79NO14. The van der Waals surface area contributed by atoms with Gasteiger partial charge in [0.2, 0.25) is 5.79 Å². The molecule has 3 fully saturated rings. The first-order valence-electron chi connectivity index (χ1n) is 24.0. The smallest absolute Gasteiger partial charge is 0.329 e. The molecule has 2 bridgehead atoms. The number of carbonyl (C=O) groups is 5. The SMILES string of the molecule is CO[C@H]1C[C@@H]2CC(O)[C@@H](C)[C@@](O)(O2)C(=O)C(=O)N2CCCC[C@H]2C(=O)O[C@H]([C@H](C)C[C@@H]2CC[C@@H](O)[C@H](OC)C2)CC(=O)[C@H](C)/C=C(\C)[C@@H](O)[C@@H](OC)C(=O)[C@H](C)C[C@H](C)/C=C/C=C/C=C/1C. The molecule has 15 nitrogen and oxygen atoms in total. The van der Waals surface area contributed by atoms with Gasteiger partial charge in [0.1, 0.15) is 30.1 Å². The van der Waals surface area contributed by atoms with Crippen molar-refractivity contribution in [3.63, 3.8) is 0 Å². The summed E-state index contributed by atoms with van der Waals surface area (Å²) in [5.41, 5.74) is 1.17. The number of ether oxygens (including phenoxy) is 5. The van der Waals surface area contributed by atoms with Crippen LogP contribution < -0.4 is 0 Å². The molecule has 0 aromatic carbocycles. The van der Waals surface area contributed by atoms with Gasteiger partial charge in [0, 0.05) is 64.9 Å². The first-order chi connectivity index (χ1) is 31.2. The highest BCUT2D eigenvalue weighted by molar-refractivity contribution is 6.39. The fourth-order valence-corrected chi connectivity index (χ4v) is 10.2. The number of esters is 1. The topological polar surface area (TPSA) is 216 Å². The lowest BCUT2D eigenvalue weighted by Crippen LogP contribution is -2.63. The molecule has 1 saturated carbocycles. The molecule has 3 heterocycles. The second kappa shape index (κ2) is 25.3. The van der Waals surface area contributed by atoms with E-state index in [0.29, 0.717) is 50.5 Å². The maximum absolute atomic E-state index is 14.4. The maximum Gasteiger partial charge on any atom is 0.329 e. The Morgan fingerprint density at radius 3 is 2.21 bits per heavy atom. The predicted molar refractivity (Wildman–Crippen MR) is 247 cm³/mol. The summed E-state index contributed by atoms with van der Waals surface area (Å²) in [6.45, 7) is 12.3. The third-order valence-corrected chi connectivity index (χ3v) is 14.6. The summed E-state index contributed by atoms with van der Waals surface area (Å²) in [7, 11) is 4.44. The lowest BCUT2D eigenvalue weighted by atomic mass is 9.78. The van der Waals surface area contributed by atoms with Crippen LogP contribution in [0.15, 0.2) is 47.6 Å². The zero-order valence-electron chi connectivity index (χ0n) is 40.9. The van der Waals surface area contributed by atoms with E-state index in [2.05, 4.69) is 0 Å². The number of methoxy groups -OCH3 is 3. The molecule has 15 heteroatoms. The highest BCUT2D eigenvalue weighted by Gasteiger charge is 2.56. The Balaban J connectivity index is 1.72. The number of hydrogen-bond donors (Lipinski definition) is 4. The highest BCUT2D eigenvalue weighted by Crippen LogP contribution is 2.38. The van der Waals surface area contributed by atoms with Crippen LogP contribution in [0, 0.1) is 35.5 Å². The summed E-state index contributed by atoms with van der Waals surface area (Å²) in [6.07, 6.45) is 7.94. The summed E-state index contributed by atoms with van der Waals surface area (Å²) in [5, 5.41) is 45.0. The van der Waals surface area contributed by atoms with E-state index >= 15 is 0 Å². The van der Waals surface area contributed by atoms with E-state index in [9.17, 15) is 44.4 Å². The Bertz CT molecular complexity index is 1790. The Labute approximate surface area is 392 Å². The highest BCUT2D eigenvalue weighted by atomic mass is 16.6. The lowest BCUT2D eigenvalue weighted by molar-refractivity contribution is -0.285. The molecule has 4 N–H and O–H groups in total. The molecule has 4 aliphatic rings. The molecule has 1 aliphatic carbocycles. The maximum atomic E-state index is 14.4. The van der Waals surface area contributed by atoms with Gasteiger partial charge in [-0.25, -0.2) is 4.79 Å². The molecule has 2 saturated heterocycles. The van der Waals surface area contributed by atoms with Crippen LogP contribution in [0.4, 0.5) is 0 Å². The van der Waals surface area contributed by atoms with Crippen molar-refractivity contribution < 1.29 is 68.1 Å². The summed E-state index contributed by atoms with van der Waals surface area (Å²) >= 11 is 0. The van der Waals surface area contributed by atoms with Crippen molar-refractivity contribution in [3.05, 3.63) is 47.6 Å². The number of amides is 1. The van der Waals surface area contributed by atoms with E-state index < -0.39 is 90.0 Å². The van der Waals surface area contributed by atoms with Gasteiger partial charge in [-0.1, -0.05) is 71.1 Å². The zero-order valence-corrected chi connectivity index (χ0v) is 40.9. The van der Waals surface area contributed by atoms with Gasteiger partial charge in [-0.15, -0.1) is 0 Å². The minimum atomic E-state index is -2.71. The number of carbonyl (C=O) groups excluding carboxylic acids is 5. The normalized spacial score (nSPS) is 41.1. The number of fused-ring (bicyclic) bond motifs is 3. The van der Waals surface area contributed by atoms with Crippen molar-refractivity contribution >= 4 is 29.2 Å². The standard InChI is InChI=1S/C51H79NO14/c1-29-16-12-11-13-17-30(2)42(62-8)27-37-26-41(55)35(7)51(61,66-37)48(58)49(59)52-21-15-14-18-38(52)50(60)65-43(32(4)24-36-19-20-39(53)44(25-36)63-9)28-40(54)31(3)23-34(6)46(57)47(64-10)45(56)33(5)22-29/h11-13,16-17,23,29,31-33,35-39,41-44,46-47,53,55,57,61H,14-15,18-22,24-28H2,1-10H3/b13-11+,16-12+,30-17+,34-23+/t29-,31-,32-,33-,35-,36+,37+,38+,39-,41?,42+,43+,44-,46-,47+,51-/m1/s1. The summed E-state index contributed by atoms with van der Waals surface area (Å²) in [5.74, 6) is -9.21. The van der Waals surface area contributed by atoms with Crippen LogP contribution in [0.5, 0.6) is 0 Å². The third kappa shape index (κ3) is 14.1. The van der Waals surface area contributed by atoms with E-state index in [0.717, 1.165) is 10.5 Å². The van der Waals surface area contributed by atoms with Crippen LogP contribution >= 0.6 is 0 Å². The van der Waals surface area contributed by atoms with Crippen molar-refractivity contribution in [2.45, 2.75) is 180 Å². The zero-order chi connectivity index (χ0) is 49.0. The van der Waals surface area contributed by atoms with Crippen LogP contribution in [0.1, 0.15) is 119 Å². The number of hydrogen-bond acceptors (Lipinski definition) is 14. The molecule has 0 aromatic heterocycles. The first kappa shape index (κ1) is 55.2. The molecule has 372 valence electrons. The number of rotatable bonds is 6. The van der Waals surface area contributed by atoms with Crippen LogP contribution in [0.25, 0.3) is 0 Å². The predicted octanol–water partition coefficient (Wildman–Crippen LogP) is 5.15. The number of ketones is 3. The summed E-state index contributed by atoms with van der Waals surface area (Å²) in [4.78, 5) is 71.8. The molecule has 66 heavy (non-hydrogen) atoms. The second-order valence-electron chi connectivity index (χ2n) is 19.7. The van der Waals surface area contributed by atoms with Crippen LogP contribution in [0.3, 0.4) is 0 Å². The fourth-order valence-electron chi connectivity index (χ4n) is 10.2. The van der Waals surface area contributed by atoms with Gasteiger partial charge >= 0.3 is 5.97 Å². The summed E-state index contributed by atoms with van der Waals surface area (Å²) in [6, 6.07) is -1.21. The van der Waals surface area contributed by atoms with Gasteiger partial charge in [0.05, 0.1) is 30.5 Å². The van der Waals surface area contributed by atoms with Crippen molar-refractivity contribution in [1.82, 2.24) is 4.90 Å². The van der Waals surface area contributed by atoms with Crippen molar-refractivity contribution in [2.75, 3.05) is 27.9 Å². The number of piperidine rings is 1. The first-order valence-corrected chi connectivity index (χ1v) is 24.0. The Morgan fingerprint density at radius 2 is 1.55 bits per heavy atom. The Kier molecular flexibility index (Phi) is 21.1. The van der Waals surface area contributed by atoms with Gasteiger partial charge in [0.25, 0.3) is 11.7 Å². The number of allylic oxidation sites excluding steroid dienone is 6. The van der Waals surface area contributed by atoms with Crippen LogP contribution in [0.2, 0.25) is 0 Å². The molecule has 0 spiro atoms. The minimum absolute atomic E-state index is 0.00715. The number of cyclic esters (lactones) is 1. The van der Waals surface area contributed by atoms with Crippen LogP contribution in [-0.2, 0) is 47.7 Å². The van der Waals surface area contributed by atoms with Gasteiger partial charge in [-0.2, -0.15) is 0 Å². The molecule has 3 aliphatic heterocycles. The Morgan fingerprint density at radius 1 is 0.833 bits per heavy atom.